The third kappa shape index (κ3) is 7.01. The zero-order valence-electron chi connectivity index (χ0n) is 16.0. The number of benzene rings is 2. The third-order valence-electron chi connectivity index (χ3n) is 3.99. The number of hydrogen-bond acceptors (Lipinski definition) is 4. The van der Waals surface area contributed by atoms with Crippen LogP contribution in [-0.2, 0) is 16.1 Å². The van der Waals surface area contributed by atoms with Gasteiger partial charge in [0.2, 0.25) is 11.8 Å². The lowest BCUT2D eigenvalue weighted by atomic mass is 10.1. The fraction of sp³-hybridized carbons (Fsp3) is 0.333. The molecule has 2 aromatic rings. The number of hydrogen-bond donors (Lipinski definition) is 1. The Hall–Kier alpha value is -3.02. The minimum absolute atomic E-state index is 0.0197. The predicted molar refractivity (Wildman–Crippen MR) is 104 cm³/mol. The molecule has 0 aliphatic heterocycles. The van der Waals surface area contributed by atoms with E-state index in [1.165, 1.54) is 11.8 Å². The molecule has 2 amide bonds. The fourth-order valence-corrected chi connectivity index (χ4v) is 2.57. The highest BCUT2D eigenvalue weighted by Gasteiger charge is 2.14. The Morgan fingerprint density at radius 1 is 1.07 bits per heavy atom. The lowest BCUT2D eigenvalue weighted by Gasteiger charge is -2.21. The molecule has 0 spiro atoms. The van der Waals surface area contributed by atoms with E-state index < -0.39 is 0 Å². The quantitative estimate of drug-likeness (QED) is 0.689. The maximum Gasteiger partial charge on any atom is 0.239 e. The van der Waals surface area contributed by atoms with Gasteiger partial charge in [-0.3, -0.25) is 9.59 Å². The van der Waals surface area contributed by atoms with Gasteiger partial charge in [0.15, 0.2) is 0 Å². The Kier molecular flexibility index (Phi) is 7.67. The van der Waals surface area contributed by atoms with Crippen LogP contribution >= 0.6 is 0 Å². The molecular formula is C21H26N2O4. The van der Waals surface area contributed by atoms with Crippen molar-refractivity contribution in [2.45, 2.75) is 20.4 Å². The summed E-state index contributed by atoms with van der Waals surface area (Å²) in [6, 6.07) is 15.1. The van der Waals surface area contributed by atoms with Gasteiger partial charge in [-0.1, -0.05) is 29.8 Å². The van der Waals surface area contributed by atoms with Crippen LogP contribution in [0.1, 0.15) is 18.1 Å². The van der Waals surface area contributed by atoms with Crippen molar-refractivity contribution in [3.05, 3.63) is 59.7 Å². The van der Waals surface area contributed by atoms with Crippen molar-refractivity contribution in [3.63, 3.8) is 0 Å². The van der Waals surface area contributed by atoms with E-state index in [0.717, 1.165) is 16.9 Å². The average molecular weight is 370 g/mol. The Bertz CT molecular complexity index is 759. The molecule has 27 heavy (non-hydrogen) atoms. The second-order valence-electron chi connectivity index (χ2n) is 6.24. The first-order chi connectivity index (χ1) is 13.0. The normalized spacial score (nSPS) is 10.2. The summed E-state index contributed by atoms with van der Waals surface area (Å²) in [5.41, 5.74) is 2.12. The number of aryl methyl sites for hydroxylation is 1. The van der Waals surface area contributed by atoms with Crippen LogP contribution in [0.15, 0.2) is 48.5 Å². The van der Waals surface area contributed by atoms with Crippen LogP contribution in [0.5, 0.6) is 11.5 Å². The molecule has 0 fully saturated rings. The second kappa shape index (κ2) is 10.2. The first-order valence-electron chi connectivity index (χ1n) is 8.82. The molecule has 1 N–H and O–H groups in total. The van der Waals surface area contributed by atoms with Crippen LogP contribution < -0.4 is 14.8 Å². The van der Waals surface area contributed by atoms with Crippen LogP contribution in [-0.4, -0.2) is 43.5 Å². The van der Waals surface area contributed by atoms with Gasteiger partial charge in [0.1, 0.15) is 18.1 Å². The van der Waals surface area contributed by atoms with Crippen LogP contribution in [0.4, 0.5) is 0 Å². The third-order valence-corrected chi connectivity index (χ3v) is 3.99. The highest BCUT2D eigenvalue weighted by Crippen LogP contribution is 2.16. The lowest BCUT2D eigenvalue weighted by molar-refractivity contribution is -0.134. The van der Waals surface area contributed by atoms with Gasteiger partial charge >= 0.3 is 0 Å². The van der Waals surface area contributed by atoms with Gasteiger partial charge in [-0.05, 0) is 36.8 Å². The maximum atomic E-state index is 12.1. The number of carbonyl (C=O) groups excluding carboxylic acids is 2. The Morgan fingerprint density at radius 2 is 1.78 bits per heavy atom. The van der Waals surface area contributed by atoms with Crippen LogP contribution in [0.25, 0.3) is 0 Å². The summed E-state index contributed by atoms with van der Waals surface area (Å²) in [5, 5.41) is 2.78. The van der Waals surface area contributed by atoms with Crippen molar-refractivity contribution in [1.29, 1.82) is 0 Å². The number of ether oxygens (including phenoxy) is 2. The summed E-state index contributed by atoms with van der Waals surface area (Å²) in [6.45, 7) is 4.60. The Labute approximate surface area is 160 Å². The van der Waals surface area contributed by atoms with Crippen molar-refractivity contribution in [1.82, 2.24) is 10.2 Å². The first kappa shape index (κ1) is 20.3. The van der Waals surface area contributed by atoms with E-state index in [1.807, 2.05) is 43.3 Å². The van der Waals surface area contributed by atoms with E-state index in [1.54, 1.807) is 19.2 Å². The lowest BCUT2D eigenvalue weighted by Crippen LogP contribution is -2.40. The molecule has 6 nitrogen and oxygen atoms in total. The molecule has 6 heteroatoms. The number of methoxy groups -OCH3 is 1. The number of nitrogens with zero attached hydrogens (tertiary/aromatic N) is 1. The van der Waals surface area contributed by atoms with Gasteiger partial charge in [0, 0.05) is 13.5 Å². The zero-order chi connectivity index (χ0) is 19.6. The first-order valence-corrected chi connectivity index (χ1v) is 8.82. The van der Waals surface area contributed by atoms with Crippen LogP contribution in [0, 0.1) is 6.92 Å². The van der Waals surface area contributed by atoms with Crippen molar-refractivity contribution in [3.8, 4) is 11.5 Å². The number of carbonyl (C=O) groups is 2. The van der Waals surface area contributed by atoms with Gasteiger partial charge in [-0.15, -0.1) is 0 Å². The average Bonchev–Trinajstić information content (AvgIpc) is 2.65. The van der Waals surface area contributed by atoms with E-state index in [0.29, 0.717) is 25.4 Å². The number of amides is 2. The van der Waals surface area contributed by atoms with Crippen LogP contribution in [0.3, 0.4) is 0 Å². The molecule has 0 saturated carbocycles. The van der Waals surface area contributed by atoms with E-state index in [2.05, 4.69) is 5.32 Å². The summed E-state index contributed by atoms with van der Waals surface area (Å²) in [4.78, 5) is 25.5. The molecule has 2 aromatic carbocycles. The molecule has 0 heterocycles. The molecule has 0 aliphatic carbocycles. The van der Waals surface area contributed by atoms with Gasteiger partial charge < -0.3 is 19.7 Å². The largest absolute Gasteiger partial charge is 0.497 e. The SMILES string of the molecule is COc1ccc(OCCNC(=O)CN(Cc2cccc(C)c2)C(C)=O)cc1. The summed E-state index contributed by atoms with van der Waals surface area (Å²) < 4.78 is 10.7. The molecule has 0 bridgehead atoms. The summed E-state index contributed by atoms with van der Waals surface area (Å²) in [7, 11) is 1.61. The van der Waals surface area contributed by atoms with Crippen molar-refractivity contribution >= 4 is 11.8 Å². The molecule has 0 saturated heterocycles. The topological polar surface area (TPSA) is 67.9 Å². The standard InChI is InChI=1S/C21H26N2O4/c1-16-5-4-6-18(13-16)14-23(17(2)24)15-21(25)22-11-12-27-20-9-7-19(26-3)8-10-20/h4-10,13H,11-12,14-15H2,1-3H3,(H,22,25). The predicted octanol–water partition coefficient (Wildman–Crippen LogP) is 2.55. The zero-order valence-corrected chi connectivity index (χ0v) is 16.0. The van der Waals surface area contributed by atoms with E-state index in [-0.39, 0.29) is 18.4 Å². The molecule has 2 rings (SSSR count). The number of rotatable bonds is 9. The van der Waals surface area contributed by atoms with Gasteiger partial charge in [0.05, 0.1) is 20.2 Å². The van der Waals surface area contributed by atoms with Gasteiger partial charge in [-0.25, -0.2) is 0 Å². The second-order valence-corrected chi connectivity index (χ2v) is 6.24. The van der Waals surface area contributed by atoms with Crippen molar-refractivity contribution < 1.29 is 19.1 Å². The van der Waals surface area contributed by atoms with Crippen molar-refractivity contribution in [2.24, 2.45) is 0 Å². The highest BCUT2D eigenvalue weighted by molar-refractivity contribution is 5.83. The minimum atomic E-state index is -0.212. The molecule has 0 radical (unpaired) electrons. The van der Waals surface area contributed by atoms with Gasteiger partial charge in [-0.2, -0.15) is 0 Å². The summed E-state index contributed by atoms with van der Waals surface area (Å²) >= 11 is 0. The maximum absolute atomic E-state index is 12.1. The minimum Gasteiger partial charge on any atom is -0.497 e. The molecule has 0 aliphatic rings. The monoisotopic (exact) mass is 370 g/mol. The molecule has 0 aromatic heterocycles. The molecule has 144 valence electrons. The fourth-order valence-electron chi connectivity index (χ4n) is 2.57. The highest BCUT2D eigenvalue weighted by atomic mass is 16.5. The summed E-state index contributed by atoms with van der Waals surface area (Å²) in [5.74, 6) is 1.11. The Balaban J connectivity index is 1.75. The van der Waals surface area contributed by atoms with E-state index in [9.17, 15) is 9.59 Å². The van der Waals surface area contributed by atoms with E-state index >= 15 is 0 Å². The molecule has 0 atom stereocenters. The number of nitrogens with one attached hydrogen (secondary N) is 1. The smallest absolute Gasteiger partial charge is 0.239 e. The summed E-state index contributed by atoms with van der Waals surface area (Å²) in [6.07, 6.45) is 0. The molecule has 0 unspecified atom stereocenters. The molecular weight excluding hydrogens is 344 g/mol. The van der Waals surface area contributed by atoms with Gasteiger partial charge in [0.25, 0.3) is 0 Å². The van der Waals surface area contributed by atoms with Crippen LogP contribution in [0.2, 0.25) is 0 Å². The van der Waals surface area contributed by atoms with E-state index in [4.69, 9.17) is 9.47 Å². The Morgan fingerprint density at radius 3 is 2.41 bits per heavy atom. The van der Waals surface area contributed by atoms with Crippen molar-refractivity contribution in [2.75, 3.05) is 26.8 Å².